The zero-order chi connectivity index (χ0) is 30.0. The quantitative estimate of drug-likeness (QED) is 0.134. The zero-order valence-corrected chi connectivity index (χ0v) is 18.6. The molecule has 0 radical (unpaired) electrons. The summed E-state index contributed by atoms with van der Waals surface area (Å²) in [6.45, 7) is 0. The third-order valence-corrected chi connectivity index (χ3v) is 6.33. The van der Waals surface area contributed by atoms with Crippen LogP contribution in [0.3, 0.4) is 0 Å². The summed E-state index contributed by atoms with van der Waals surface area (Å²) >= 11 is 0. The minimum absolute atomic E-state index is 0.397. The SMILES string of the molecule is Fc1c(F)c(F)c([B-](c2ccccc2)(c2c(F)c(F)c(F)c(F)c2F)c2c(F)c(F)c(F)c(F)c2F)c(F)c1F. The van der Waals surface area contributed by atoms with Crippen molar-refractivity contribution >= 4 is 28.0 Å². The molecule has 0 amide bonds. The molecule has 0 N–H and O–H groups in total. The first-order chi connectivity index (χ1) is 18.6. The van der Waals surface area contributed by atoms with Crippen LogP contribution in [0.1, 0.15) is 0 Å². The van der Waals surface area contributed by atoms with E-state index in [9.17, 15) is 39.5 Å². The molecule has 16 heteroatoms. The molecule has 0 atom stereocenters. The Balaban J connectivity index is 2.55. The highest BCUT2D eigenvalue weighted by Gasteiger charge is 2.48. The van der Waals surface area contributed by atoms with E-state index in [1.54, 1.807) is 0 Å². The lowest BCUT2D eigenvalue weighted by atomic mass is 9.12. The summed E-state index contributed by atoms with van der Waals surface area (Å²) in [6, 6.07) is 3.24. The van der Waals surface area contributed by atoms with Gasteiger partial charge in [0.2, 0.25) is 0 Å². The molecular formula is C24H5BF15-. The van der Waals surface area contributed by atoms with Crippen molar-refractivity contribution in [2.24, 2.45) is 0 Å². The maximum Gasteiger partial charge on any atom is 0.200 e. The molecule has 0 nitrogen and oxygen atoms in total. The van der Waals surface area contributed by atoms with Gasteiger partial charge in [-0.25, -0.2) is 65.9 Å². The Bertz CT molecular complexity index is 1450. The molecule has 0 aliphatic rings. The van der Waals surface area contributed by atoms with Crippen LogP contribution < -0.4 is 21.9 Å². The lowest BCUT2D eigenvalue weighted by Gasteiger charge is -2.44. The first-order valence-corrected chi connectivity index (χ1v) is 10.4. The first-order valence-electron chi connectivity index (χ1n) is 10.4. The third kappa shape index (κ3) is 3.68. The van der Waals surface area contributed by atoms with Gasteiger partial charge in [-0.2, -0.15) is 5.46 Å². The smallest absolute Gasteiger partial charge is 0.200 e. The summed E-state index contributed by atoms with van der Waals surface area (Å²) in [5.41, 5.74) is -9.41. The Morgan fingerprint density at radius 1 is 0.275 bits per heavy atom. The van der Waals surface area contributed by atoms with Gasteiger partial charge in [-0.1, -0.05) is 30.3 Å². The van der Waals surface area contributed by atoms with Crippen molar-refractivity contribution in [1.82, 2.24) is 0 Å². The van der Waals surface area contributed by atoms with Crippen LogP contribution in [-0.2, 0) is 0 Å². The van der Waals surface area contributed by atoms with E-state index >= 15 is 26.3 Å². The normalized spacial score (nSPS) is 11.9. The highest BCUT2D eigenvalue weighted by molar-refractivity contribution is 7.20. The maximum atomic E-state index is 15.3. The highest BCUT2D eigenvalue weighted by Crippen LogP contribution is 2.28. The summed E-state index contributed by atoms with van der Waals surface area (Å²) in [5, 5.41) is 0. The molecule has 210 valence electrons. The Labute approximate surface area is 212 Å². The van der Waals surface area contributed by atoms with Crippen LogP contribution in [0.5, 0.6) is 0 Å². The average molecular weight is 589 g/mol. The monoisotopic (exact) mass is 589 g/mol. The van der Waals surface area contributed by atoms with Gasteiger partial charge >= 0.3 is 0 Å². The maximum absolute atomic E-state index is 15.3. The van der Waals surface area contributed by atoms with Crippen LogP contribution in [0.4, 0.5) is 65.9 Å². The van der Waals surface area contributed by atoms with Gasteiger partial charge in [-0.05, 0) is 0 Å². The predicted octanol–water partition coefficient (Wildman–Crippen LogP) is 5.15. The molecule has 4 aromatic rings. The van der Waals surface area contributed by atoms with Crippen molar-refractivity contribution in [2.75, 3.05) is 0 Å². The molecule has 0 aliphatic heterocycles. The van der Waals surface area contributed by atoms with Crippen LogP contribution in [0, 0.1) is 87.3 Å². The molecule has 0 unspecified atom stereocenters. The van der Waals surface area contributed by atoms with Crippen LogP contribution in [0.25, 0.3) is 0 Å². The summed E-state index contributed by atoms with van der Waals surface area (Å²) in [6.07, 6.45) is -5.72. The fourth-order valence-corrected chi connectivity index (χ4v) is 4.68. The number of hydrogen-bond donors (Lipinski definition) is 0. The summed E-state index contributed by atoms with van der Waals surface area (Å²) < 4.78 is 220. The van der Waals surface area contributed by atoms with Gasteiger partial charge in [0.05, 0.1) is 0 Å². The Hall–Kier alpha value is -4.11. The van der Waals surface area contributed by atoms with Gasteiger partial charge < -0.3 is 0 Å². The van der Waals surface area contributed by atoms with Gasteiger partial charge in [0.25, 0.3) is 0 Å². The minimum Gasteiger partial charge on any atom is -0.207 e. The van der Waals surface area contributed by atoms with Crippen LogP contribution in [0.2, 0.25) is 0 Å². The molecule has 0 heterocycles. The standard InChI is InChI=1S/C24H5BF15/c26-10-7(11(27)17(33)22(38)16(10)32)25(6-4-2-1-3-5-6,8-12(28)18(34)23(39)19(35)13(8)29)9-14(30)20(36)24(40)21(37)15(9)31/h1-5H/q-1. The minimum atomic E-state index is -5.72. The Kier molecular flexibility index (Phi) is 7.09. The van der Waals surface area contributed by atoms with Crippen LogP contribution in [-0.4, -0.2) is 6.15 Å². The second-order valence-corrected chi connectivity index (χ2v) is 8.23. The van der Waals surface area contributed by atoms with Gasteiger partial charge in [0.1, 0.15) is 41.0 Å². The molecule has 0 bridgehead atoms. The summed E-state index contributed by atoms with van der Waals surface area (Å²) in [4.78, 5) is 0. The molecule has 0 saturated heterocycles. The molecule has 0 aromatic heterocycles. The van der Waals surface area contributed by atoms with E-state index in [2.05, 4.69) is 0 Å². The van der Waals surface area contributed by atoms with E-state index in [-0.39, 0.29) is 0 Å². The number of rotatable bonds is 4. The Morgan fingerprint density at radius 2 is 0.475 bits per heavy atom. The molecule has 0 saturated carbocycles. The van der Waals surface area contributed by atoms with E-state index in [4.69, 9.17) is 0 Å². The molecule has 4 aromatic carbocycles. The average Bonchev–Trinajstić information content (AvgIpc) is 2.95. The van der Waals surface area contributed by atoms with Crippen LogP contribution >= 0.6 is 0 Å². The second-order valence-electron chi connectivity index (χ2n) is 8.23. The van der Waals surface area contributed by atoms with Crippen molar-refractivity contribution in [3.05, 3.63) is 118 Å². The molecule has 0 fully saturated rings. The number of benzene rings is 4. The number of hydrogen-bond acceptors (Lipinski definition) is 0. The molecule has 0 spiro atoms. The van der Waals surface area contributed by atoms with Gasteiger partial charge in [0.15, 0.2) is 52.4 Å². The Morgan fingerprint density at radius 3 is 0.700 bits per heavy atom. The van der Waals surface area contributed by atoms with Gasteiger partial charge in [-0.15, -0.1) is 16.4 Å². The van der Waals surface area contributed by atoms with E-state index in [1.807, 2.05) is 0 Å². The first kappa shape index (κ1) is 28.9. The van der Waals surface area contributed by atoms with Crippen molar-refractivity contribution < 1.29 is 65.9 Å². The summed E-state index contributed by atoms with van der Waals surface area (Å²) in [5.74, 6) is -45.5. The van der Waals surface area contributed by atoms with Crippen molar-refractivity contribution in [2.45, 2.75) is 0 Å². The van der Waals surface area contributed by atoms with Gasteiger partial charge in [-0.3, -0.25) is 0 Å². The van der Waals surface area contributed by atoms with E-state index < -0.39 is 115 Å². The van der Waals surface area contributed by atoms with Gasteiger partial charge in [0, 0.05) is 0 Å². The zero-order valence-electron chi connectivity index (χ0n) is 18.6. The summed E-state index contributed by atoms with van der Waals surface area (Å²) in [7, 11) is 0. The predicted molar refractivity (Wildman–Crippen MR) is 109 cm³/mol. The van der Waals surface area contributed by atoms with Crippen molar-refractivity contribution in [1.29, 1.82) is 0 Å². The van der Waals surface area contributed by atoms with Crippen LogP contribution in [0.15, 0.2) is 30.3 Å². The number of halogens is 15. The van der Waals surface area contributed by atoms with E-state index in [0.717, 1.165) is 18.2 Å². The fraction of sp³-hybridized carbons (Fsp3) is 0. The molecule has 40 heavy (non-hydrogen) atoms. The lowest BCUT2D eigenvalue weighted by Crippen LogP contribution is -2.79. The van der Waals surface area contributed by atoms with Crippen molar-refractivity contribution in [3.8, 4) is 0 Å². The largest absolute Gasteiger partial charge is 0.207 e. The molecule has 4 rings (SSSR count). The fourth-order valence-electron chi connectivity index (χ4n) is 4.68. The second kappa shape index (κ2) is 9.82. The van der Waals surface area contributed by atoms with E-state index in [0.29, 0.717) is 12.1 Å². The van der Waals surface area contributed by atoms with Crippen molar-refractivity contribution in [3.63, 3.8) is 0 Å². The third-order valence-electron chi connectivity index (χ3n) is 6.33. The lowest BCUT2D eigenvalue weighted by molar-refractivity contribution is 0.380. The van der Waals surface area contributed by atoms with E-state index in [1.165, 1.54) is 0 Å². The molecular weight excluding hydrogens is 584 g/mol. The highest BCUT2D eigenvalue weighted by atomic mass is 19.2. The molecule has 0 aliphatic carbocycles. The topological polar surface area (TPSA) is 0 Å².